The molecule has 1 atom stereocenters. The van der Waals surface area contributed by atoms with Crippen molar-refractivity contribution in [1.82, 2.24) is 10.6 Å². The summed E-state index contributed by atoms with van der Waals surface area (Å²) in [6.07, 6.45) is 5.92. The molecular weight excluding hydrogens is 574 g/mol. The Morgan fingerprint density at radius 1 is 0.778 bits per heavy atom. The van der Waals surface area contributed by atoms with Gasteiger partial charge < -0.3 is 35.3 Å². The minimum atomic E-state index is -0.796. The molecule has 45 heavy (non-hydrogen) atoms. The van der Waals surface area contributed by atoms with Crippen LogP contribution >= 0.6 is 0 Å². The van der Waals surface area contributed by atoms with Gasteiger partial charge in [0.2, 0.25) is 11.8 Å². The predicted molar refractivity (Wildman–Crippen MR) is 174 cm³/mol. The molecule has 3 amide bonds. The lowest BCUT2D eigenvalue weighted by Gasteiger charge is -2.15. The van der Waals surface area contributed by atoms with Gasteiger partial charge in [-0.15, -0.1) is 0 Å². The molecule has 0 saturated carbocycles. The highest BCUT2D eigenvalue weighted by atomic mass is 16.5. The van der Waals surface area contributed by atoms with E-state index in [-0.39, 0.29) is 24.3 Å². The Morgan fingerprint density at radius 2 is 1.33 bits per heavy atom. The number of carbonyl (C=O) groups excluding carboxylic acids is 3. The number of nitrogens with one attached hydrogen (secondary N) is 2. The molecule has 0 fully saturated rings. The van der Waals surface area contributed by atoms with Crippen LogP contribution in [-0.2, 0) is 41.4 Å². The number of hydrogen-bond acceptors (Lipinski definition) is 7. The fraction of sp³-hybridized carbons (Fsp3) is 0.571. The molecule has 1 aliphatic rings. The number of amides is 3. The molecular formula is C35H51N3O7. The maximum absolute atomic E-state index is 12.3. The zero-order valence-corrected chi connectivity index (χ0v) is 26.9. The average Bonchev–Trinajstić information content (AvgIpc) is 3.36. The second-order valence-corrected chi connectivity index (χ2v) is 11.3. The standard InChI is InChI=1S/C35H51N3O7/c1-3-4-19-43-21-16-37-33(39)10-5-8-26-12-14-28-29-15-13-27(24-31(29)32(30(28)23-26)25-45-35(36)41)9-6-11-34(40)38-17-22-44-20-7-18-42-2/h12-15,23-24,32H,3-11,16-22,25H2,1-2H3,(H2,36,41)(H,37,39)(H,38,40)/i/hD. The Hall–Kier alpha value is -3.47. The number of carbonyl (C=O) groups is 3. The van der Waals surface area contributed by atoms with Crippen LogP contribution in [0.25, 0.3) is 11.1 Å². The van der Waals surface area contributed by atoms with E-state index in [0.29, 0.717) is 58.8 Å². The molecule has 0 aliphatic heterocycles. The molecule has 2 aromatic carbocycles. The summed E-state index contributed by atoms with van der Waals surface area (Å²) in [5.74, 6) is -0.151. The first-order chi connectivity index (χ1) is 22.5. The van der Waals surface area contributed by atoms with Crippen molar-refractivity contribution < 1.29 is 34.7 Å². The molecule has 248 valence electrons. The summed E-state index contributed by atoms with van der Waals surface area (Å²) in [5, 5.41) is 5.82. The van der Waals surface area contributed by atoms with E-state index in [2.05, 4.69) is 54.0 Å². The van der Waals surface area contributed by atoms with E-state index < -0.39 is 6.09 Å². The highest BCUT2D eigenvalue weighted by molar-refractivity contribution is 5.80. The van der Waals surface area contributed by atoms with Gasteiger partial charge in [0.15, 0.2) is 1.41 Å². The van der Waals surface area contributed by atoms with Crippen molar-refractivity contribution in [3.8, 4) is 11.1 Å². The summed E-state index contributed by atoms with van der Waals surface area (Å²) in [6, 6.07) is 12.7. The number of methoxy groups -OCH3 is 1. The quantitative estimate of drug-likeness (QED) is 0.153. The van der Waals surface area contributed by atoms with Gasteiger partial charge in [-0.25, -0.2) is 4.79 Å². The van der Waals surface area contributed by atoms with Crippen molar-refractivity contribution >= 4 is 17.9 Å². The number of nitrogens with two attached hydrogens (primary N) is 1. The Labute approximate surface area is 269 Å². The monoisotopic (exact) mass is 626 g/mol. The first kappa shape index (κ1) is 34.4. The van der Waals surface area contributed by atoms with Crippen molar-refractivity contribution in [2.75, 3.05) is 59.8 Å². The third-order valence-electron chi connectivity index (χ3n) is 7.81. The third kappa shape index (κ3) is 12.8. The van der Waals surface area contributed by atoms with Crippen LogP contribution in [0.5, 0.6) is 0 Å². The van der Waals surface area contributed by atoms with Crippen molar-refractivity contribution in [3.05, 3.63) is 58.7 Å². The summed E-state index contributed by atoms with van der Waals surface area (Å²) < 4.78 is 28.5. The van der Waals surface area contributed by atoms with Crippen molar-refractivity contribution in [2.45, 2.75) is 70.6 Å². The second-order valence-electron chi connectivity index (χ2n) is 11.3. The lowest BCUT2D eigenvalue weighted by Crippen LogP contribution is -2.27. The molecule has 1 aliphatic carbocycles. The smallest absolute Gasteiger partial charge is 0.404 e. The van der Waals surface area contributed by atoms with Crippen molar-refractivity contribution in [3.63, 3.8) is 0 Å². The van der Waals surface area contributed by atoms with E-state index in [1.165, 1.54) is 0 Å². The van der Waals surface area contributed by atoms with Gasteiger partial charge >= 0.3 is 6.09 Å². The minimum Gasteiger partial charge on any atom is -0.449 e. The first-order valence-corrected chi connectivity index (χ1v) is 16.2. The van der Waals surface area contributed by atoms with Gasteiger partial charge in [-0.05, 0) is 71.9 Å². The lowest BCUT2D eigenvalue weighted by atomic mass is 9.94. The zero-order chi connectivity index (χ0) is 33.0. The van der Waals surface area contributed by atoms with Crippen LogP contribution in [0.15, 0.2) is 36.4 Å². The molecule has 0 spiro atoms. The molecule has 1 unspecified atom stereocenters. The molecule has 2 aromatic rings. The number of hydrogen-bond donors (Lipinski definition) is 3. The van der Waals surface area contributed by atoms with E-state index in [9.17, 15) is 14.4 Å². The largest absolute Gasteiger partial charge is 0.449 e. The predicted octanol–water partition coefficient (Wildman–Crippen LogP) is 4.64. The lowest BCUT2D eigenvalue weighted by molar-refractivity contribution is -0.122. The van der Waals surface area contributed by atoms with Crippen molar-refractivity contribution in [1.29, 1.82) is 0 Å². The number of fused-ring (bicyclic) bond motifs is 3. The maximum atomic E-state index is 12.3. The van der Waals surface area contributed by atoms with Crippen LogP contribution in [0.4, 0.5) is 4.79 Å². The number of benzene rings is 2. The molecule has 0 saturated heterocycles. The summed E-state index contributed by atoms with van der Waals surface area (Å²) in [4.78, 5) is 36.4. The number of primary amides is 1. The Morgan fingerprint density at radius 3 is 1.84 bits per heavy atom. The minimum absolute atomic E-state index is 0.00294. The molecule has 3 rings (SSSR count). The van der Waals surface area contributed by atoms with E-state index in [0.717, 1.165) is 78.5 Å². The molecule has 0 aromatic heterocycles. The van der Waals surface area contributed by atoms with E-state index in [4.69, 9.17) is 20.4 Å². The third-order valence-corrected chi connectivity index (χ3v) is 7.81. The van der Waals surface area contributed by atoms with Gasteiger partial charge in [0, 0.05) is 58.8 Å². The van der Waals surface area contributed by atoms with Gasteiger partial charge in [0.25, 0.3) is 0 Å². The van der Waals surface area contributed by atoms with Gasteiger partial charge in [-0.1, -0.05) is 49.7 Å². The fourth-order valence-corrected chi connectivity index (χ4v) is 5.47. The Balaban J connectivity index is 1.53. The topological polar surface area (TPSA) is 138 Å². The van der Waals surface area contributed by atoms with Crippen LogP contribution < -0.4 is 16.4 Å². The maximum Gasteiger partial charge on any atom is 0.404 e. The highest BCUT2D eigenvalue weighted by Crippen LogP contribution is 2.46. The molecule has 4 N–H and O–H groups in total. The van der Waals surface area contributed by atoms with Crippen LogP contribution in [0.2, 0.25) is 1.41 Å². The molecule has 10 nitrogen and oxygen atoms in total. The first-order valence-electron chi connectivity index (χ1n) is 16.7. The van der Waals surface area contributed by atoms with Crippen LogP contribution in [0.3, 0.4) is 0 Å². The van der Waals surface area contributed by atoms with Crippen LogP contribution in [0.1, 0.15) is 80.0 Å². The summed E-state index contributed by atoms with van der Waals surface area (Å²) >= 11 is 0. The number of aryl methyl sites for hydroxylation is 2. The number of rotatable bonds is 23. The highest BCUT2D eigenvalue weighted by Gasteiger charge is 2.30. The van der Waals surface area contributed by atoms with E-state index >= 15 is 0 Å². The van der Waals surface area contributed by atoms with Gasteiger partial charge in [-0.3, -0.25) is 9.59 Å². The number of ether oxygens (including phenoxy) is 4. The zero-order valence-electron chi connectivity index (χ0n) is 27.9. The summed E-state index contributed by atoms with van der Waals surface area (Å²) in [7, 11) is 1.66. The van der Waals surface area contributed by atoms with Crippen molar-refractivity contribution in [2.24, 2.45) is 5.73 Å². The molecule has 0 bridgehead atoms. The SMILES string of the molecule is [2H]NC(=O)OCC1c2cc(CCCC(=O)NCCOCCCC)ccc2-c2ccc(CCCC(=O)NCCOCCCOC)cc21. The van der Waals surface area contributed by atoms with Gasteiger partial charge in [-0.2, -0.15) is 0 Å². The number of unbranched alkanes of at least 4 members (excludes halogenated alkanes) is 1. The fourth-order valence-electron chi connectivity index (χ4n) is 5.47. The van der Waals surface area contributed by atoms with E-state index in [1.54, 1.807) is 12.8 Å². The Bertz CT molecular complexity index is 1240. The Kier molecular flexibility index (Phi) is 15.7. The molecule has 0 radical (unpaired) electrons. The summed E-state index contributed by atoms with van der Waals surface area (Å²) in [6.45, 7) is 6.24. The second kappa shape index (κ2) is 20.5. The van der Waals surface area contributed by atoms with Crippen LogP contribution in [0, 0.1) is 0 Å². The summed E-state index contributed by atoms with van der Waals surface area (Å²) in [5.41, 5.74) is 8.33. The van der Waals surface area contributed by atoms with Gasteiger partial charge in [0.1, 0.15) is 6.61 Å². The van der Waals surface area contributed by atoms with Crippen LogP contribution in [-0.4, -0.2) is 77.7 Å². The van der Waals surface area contributed by atoms with Gasteiger partial charge in [0.05, 0.1) is 13.2 Å². The molecule has 0 heterocycles. The average molecular weight is 627 g/mol. The van der Waals surface area contributed by atoms with E-state index in [1.807, 2.05) is 0 Å². The molecule has 10 heteroatoms. The normalized spacial score (nSPS) is 13.5.